The lowest BCUT2D eigenvalue weighted by molar-refractivity contribution is -0.142. The van der Waals surface area contributed by atoms with Crippen LogP contribution < -0.4 is 0 Å². The van der Waals surface area contributed by atoms with Crippen molar-refractivity contribution in [2.24, 2.45) is 0 Å². The maximum atomic E-state index is 11.9. The molecule has 0 bridgehead atoms. The molecule has 2 aromatic heterocycles. The topological polar surface area (TPSA) is 101 Å². The minimum absolute atomic E-state index is 0.00503. The summed E-state index contributed by atoms with van der Waals surface area (Å²) in [5, 5.41) is 18.7. The summed E-state index contributed by atoms with van der Waals surface area (Å²) < 4.78 is 10.4. The summed E-state index contributed by atoms with van der Waals surface area (Å²) in [5.41, 5.74) is 0. The Morgan fingerprint density at radius 3 is 2.36 bits per heavy atom. The van der Waals surface area contributed by atoms with Gasteiger partial charge in [0.15, 0.2) is 6.10 Å². The first-order chi connectivity index (χ1) is 10.5. The van der Waals surface area contributed by atoms with Crippen LogP contribution in [0.2, 0.25) is 0 Å². The fraction of sp³-hybridized carbons (Fsp3) is 0.333. The highest BCUT2D eigenvalue weighted by atomic mass is 35.5. The number of rotatable bonds is 8. The number of hydrogen-bond acceptors (Lipinski definition) is 6. The zero-order valence-corrected chi connectivity index (χ0v) is 12.4. The number of halogens is 1. The first-order valence-corrected chi connectivity index (χ1v) is 7.16. The quantitative estimate of drug-likeness (QED) is 0.567. The second-order valence-electron chi connectivity index (χ2n) is 4.65. The molecule has 0 amide bonds. The smallest absolute Gasteiger partial charge is 0.234 e. The Kier molecular flexibility index (Phi) is 5.54. The molecular formula is C15H15ClO6. The molecule has 1 atom stereocenters. The van der Waals surface area contributed by atoms with E-state index >= 15 is 0 Å². The number of aliphatic hydroxyl groups excluding tert-OH is 2. The van der Waals surface area contributed by atoms with Crippen molar-refractivity contribution in [2.45, 2.75) is 31.4 Å². The van der Waals surface area contributed by atoms with Crippen molar-refractivity contribution in [3.05, 3.63) is 47.3 Å². The van der Waals surface area contributed by atoms with Crippen LogP contribution >= 0.6 is 11.6 Å². The molecule has 2 heterocycles. The zero-order chi connectivity index (χ0) is 16.1. The Morgan fingerprint density at radius 1 is 1.09 bits per heavy atom. The van der Waals surface area contributed by atoms with Crippen molar-refractivity contribution in [3.8, 4) is 0 Å². The predicted molar refractivity (Wildman–Crippen MR) is 76.2 cm³/mol. The molecule has 0 aromatic carbocycles. The van der Waals surface area contributed by atoms with Gasteiger partial charge in [0.1, 0.15) is 29.6 Å². The lowest BCUT2D eigenvalue weighted by atomic mass is 10.0. The summed E-state index contributed by atoms with van der Waals surface area (Å²) in [4.78, 5) is 23.7. The van der Waals surface area contributed by atoms with Crippen LogP contribution in [0.15, 0.2) is 33.1 Å². The van der Waals surface area contributed by atoms with E-state index in [0.717, 1.165) is 0 Å². The van der Waals surface area contributed by atoms with E-state index < -0.39 is 17.7 Å². The maximum absolute atomic E-state index is 11.9. The van der Waals surface area contributed by atoms with E-state index in [1.165, 1.54) is 12.1 Å². The third kappa shape index (κ3) is 3.85. The highest BCUT2D eigenvalue weighted by Crippen LogP contribution is 2.20. The summed E-state index contributed by atoms with van der Waals surface area (Å²) >= 11 is 5.56. The number of carbonyl (C=O) groups excluding carboxylic acids is 2. The van der Waals surface area contributed by atoms with Crippen LogP contribution in [0, 0.1) is 0 Å². The molecule has 1 unspecified atom stereocenters. The molecule has 0 spiro atoms. The molecule has 6 nitrogen and oxygen atoms in total. The van der Waals surface area contributed by atoms with Crippen LogP contribution in [0.3, 0.4) is 0 Å². The molecule has 0 fully saturated rings. The van der Waals surface area contributed by atoms with Gasteiger partial charge in [0.2, 0.25) is 11.6 Å². The summed E-state index contributed by atoms with van der Waals surface area (Å²) in [6.45, 7) is -0.229. The highest BCUT2D eigenvalue weighted by molar-refractivity contribution is 6.38. The van der Waals surface area contributed by atoms with Gasteiger partial charge in [-0.05, 0) is 24.3 Å². The predicted octanol–water partition coefficient (Wildman–Crippen LogP) is 1.91. The molecule has 0 aliphatic heterocycles. The Bertz CT molecular complexity index is 657. The van der Waals surface area contributed by atoms with E-state index in [-0.39, 0.29) is 31.1 Å². The van der Waals surface area contributed by atoms with Crippen LogP contribution in [0.1, 0.15) is 35.6 Å². The molecule has 0 saturated heterocycles. The Hall–Kier alpha value is -1.89. The standard InChI is InChI=1S/C15H15ClO6/c16-7-10-4-6-13(22-10)15(20)14(19)12(18)5-3-9-1-2-11(8-17)21-9/h1-2,4,6,15,17,20H,3,5,7-8H2. The molecule has 118 valence electrons. The van der Waals surface area contributed by atoms with Gasteiger partial charge < -0.3 is 19.0 Å². The van der Waals surface area contributed by atoms with Crippen molar-refractivity contribution in [1.82, 2.24) is 0 Å². The Morgan fingerprint density at radius 2 is 1.77 bits per heavy atom. The molecule has 22 heavy (non-hydrogen) atoms. The fourth-order valence-electron chi connectivity index (χ4n) is 1.90. The lowest BCUT2D eigenvalue weighted by Crippen LogP contribution is -2.22. The van der Waals surface area contributed by atoms with Gasteiger partial charge in [0.25, 0.3) is 0 Å². The molecular weight excluding hydrogens is 312 g/mol. The van der Waals surface area contributed by atoms with Gasteiger partial charge in [-0.1, -0.05) is 0 Å². The number of furan rings is 2. The minimum Gasteiger partial charge on any atom is -0.464 e. The summed E-state index contributed by atoms with van der Waals surface area (Å²) in [5.74, 6) is -0.277. The van der Waals surface area contributed by atoms with E-state index in [1.54, 1.807) is 12.1 Å². The fourth-order valence-corrected chi connectivity index (χ4v) is 2.04. The van der Waals surface area contributed by atoms with Gasteiger partial charge in [0, 0.05) is 12.8 Å². The van der Waals surface area contributed by atoms with Gasteiger partial charge in [-0.15, -0.1) is 11.6 Å². The number of Topliss-reactive ketones (excluding diaryl/α,β-unsaturated/α-hetero) is 2. The van der Waals surface area contributed by atoms with E-state index in [9.17, 15) is 14.7 Å². The monoisotopic (exact) mass is 326 g/mol. The first kappa shape index (κ1) is 16.5. The average molecular weight is 327 g/mol. The van der Waals surface area contributed by atoms with Crippen molar-refractivity contribution in [2.75, 3.05) is 0 Å². The Balaban J connectivity index is 1.92. The first-order valence-electron chi connectivity index (χ1n) is 6.63. The second-order valence-corrected chi connectivity index (χ2v) is 4.92. The average Bonchev–Trinajstić information content (AvgIpc) is 3.19. The van der Waals surface area contributed by atoms with Gasteiger partial charge >= 0.3 is 0 Å². The number of aliphatic hydroxyl groups is 2. The van der Waals surface area contributed by atoms with E-state index in [0.29, 0.717) is 17.3 Å². The second kappa shape index (κ2) is 7.40. The number of alkyl halides is 1. The van der Waals surface area contributed by atoms with Crippen LogP contribution in [0.5, 0.6) is 0 Å². The molecule has 7 heteroatoms. The molecule has 0 aliphatic carbocycles. The molecule has 2 rings (SSSR count). The number of ketones is 2. The van der Waals surface area contributed by atoms with Crippen molar-refractivity contribution >= 4 is 23.2 Å². The van der Waals surface area contributed by atoms with Crippen LogP contribution in [0.25, 0.3) is 0 Å². The third-order valence-electron chi connectivity index (χ3n) is 3.08. The van der Waals surface area contributed by atoms with Crippen molar-refractivity contribution < 1.29 is 28.6 Å². The molecule has 2 N–H and O–H groups in total. The maximum Gasteiger partial charge on any atom is 0.234 e. The summed E-state index contributed by atoms with van der Waals surface area (Å²) in [6.07, 6.45) is -1.52. The van der Waals surface area contributed by atoms with Crippen LogP contribution in [0.4, 0.5) is 0 Å². The van der Waals surface area contributed by atoms with Crippen LogP contribution in [-0.2, 0) is 28.5 Å². The number of hydrogen-bond donors (Lipinski definition) is 2. The summed E-state index contributed by atoms with van der Waals surface area (Å²) in [6, 6.07) is 6.15. The van der Waals surface area contributed by atoms with Gasteiger partial charge in [-0.3, -0.25) is 9.59 Å². The van der Waals surface area contributed by atoms with Crippen molar-refractivity contribution in [3.63, 3.8) is 0 Å². The normalized spacial score (nSPS) is 12.3. The van der Waals surface area contributed by atoms with Gasteiger partial charge in [0.05, 0.1) is 5.88 Å². The molecule has 0 saturated carbocycles. The van der Waals surface area contributed by atoms with E-state index in [1.807, 2.05) is 0 Å². The molecule has 2 aromatic rings. The summed E-state index contributed by atoms with van der Waals surface area (Å²) in [7, 11) is 0. The van der Waals surface area contributed by atoms with E-state index in [4.69, 9.17) is 25.5 Å². The van der Waals surface area contributed by atoms with Gasteiger partial charge in [-0.25, -0.2) is 0 Å². The SMILES string of the molecule is O=C(CCc1ccc(CO)o1)C(=O)C(O)c1ccc(CCl)o1. The minimum atomic E-state index is -1.63. The molecule has 0 aliphatic rings. The van der Waals surface area contributed by atoms with Gasteiger partial charge in [-0.2, -0.15) is 0 Å². The van der Waals surface area contributed by atoms with E-state index in [2.05, 4.69) is 0 Å². The van der Waals surface area contributed by atoms with Crippen molar-refractivity contribution in [1.29, 1.82) is 0 Å². The molecule has 0 radical (unpaired) electrons. The number of aryl methyl sites for hydroxylation is 1. The number of carbonyl (C=O) groups is 2. The Labute approximate surface area is 131 Å². The third-order valence-corrected chi connectivity index (χ3v) is 3.34. The highest BCUT2D eigenvalue weighted by Gasteiger charge is 2.27. The van der Waals surface area contributed by atoms with Crippen LogP contribution in [-0.4, -0.2) is 21.8 Å². The zero-order valence-electron chi connectivity index (χ0n) is 11.6. The largest absolute Gasteiger partial charge is 0.464 e. The lowest BCUT2D eigenvalue weighted by Gasteiger charge is -2.05.